The maximum Gasteiger partial charge on any atom is 0.303 e. The van der Waals surface area contributed by atoms with Crippen molar-refractivity contribution in [1.82, 2.24) is 9.88 Å². The van der Waals surface area contributed by atoms with Crippen LogP contribution in [0.5, 0.6) is 0 Å². The predicted molar refractivity (Wildman–Crippen MR) is 135 cm³/mol. The van der Waals surface area contributed by atoms with E-state index in [0.717, 1.165) is 17.8 Å². The molecule has 0 fully saturated rings. The van der Waals surface area contributed by atoms with Gasteiger partial charge in [0.1, 0.15) is 0 Å². The second-order valence-electron chi connectivity index (χ2n) is 8.39. The number of pyridine rings is 1. The highest BCUT2D eigenvalue weighted by Crippen LogP contribution is 2.38. The lowest BCUT2D eigenvalue weighted by Gasteiger charge is -2.16. The second-order valence-corrected chi connectivity index (χ2v) is 8.82. The van der Waals surface area contributed by atoms with Gasteiger partial charge < -0.3 is 20.6 Å². The molecule has 7 nitrogen and oxygen atoms in total. The highest BCUT2D eigenvalue weighted by molar-refractivity contribution is 6.38. The van der Waals surface area contributed by atoms with Crippen molar-refractivity contribution in [3.63, 3.8) is 0 Å². The van der Waals surface area contributed by atoms with E-state index in [1.165, 1.54) is 5.56 Å². The van der Waals surface area contributed by atoms with Crippen LogP contribution in [0.25, 0.3) is 11.3 Å². The first-order valence-electron chi connectivity index (χ1n) is 10.8. The number of aromatic nitrogens is 1. The fraction of sp³-hybridized carbons (Fsp3) is 0.192. The number of hydrogen-bond acceptors (Lipinski definition) is 5. The van der Waals surface area contributed by atoms with Crippen molar-refractivity contribution in [3.05, 3.63) is 88.2 Å². The molecule has 0 aliphatic carbocycles. The van der Waals surface area contributed by atoms with Crippen LogP contribution in [0.4, 0.5) is 11.4 Å². The Morgan fingerprint density at radius 2 is 1.88 bits per heavy atom. The molecule has 3 N–H and O–H groups in total. The number of carboxylic acid groups (broad SMARTS) is 1. The number of carbonyl (C=O) groups is 2. The lowest BCUT2D eigenvalue weighted by molar-refractivity contribution is -0.137. The third kappa shape index (κ3) is 5.44. The molecule has 8 heteroatoms. The van der Waals surface area contributed by atoms with Crippen molar-refractivity contribution >= 4 is 46.1 Å². The maximum absolute atomic E-state index is 13.0. The molecule has 2 heterocycles. The van der Waals surface area contributed by atoms with E-state index in [-0.39, 0.29) is 12.3 Å². The molecular formula is C26H25ClN4O3. The number of aliphatic carboxylic acids is 1. The number of rotatable bonds is 8. The van der Waals surface area contributed by atoms with Crippen LogP contribution in [0.15, 0.2) is 60.8 Å². The summed E-state index contributed by atoms with van der Waals surface area (Å²) in [5, 5.41) is 15.8. The van der Waals surface area contributed by atoms with E-state index in [0.29, 0.717) is 39.7 Å². The van der Waals surface area contributed by atoms with Crippen LogP contribution in [0, 0.1) is 0 Å². The van der Waals surface area contributed by atoms with Crippen LogP contribution in [0.3, 0.4) is 0 Å². The summed E-state index contributed by atoms with van der Waals surface area (Å²) in [6, 6.07) is 17.0. The van der Waals surface area contributed by atoms with Crippen molar-refractivity contribution < 1.29 is 14.7 Å². The minimum Gasteiger partial charge on any atom is -0.481 e. The van der Waals surface area contributed by atoms with Crippen molar-refractivity contribution in [3.8, 4) is 0 Å². The number of anilines is 2. The van der Waals surface area contributed by atoms with Crippen molar-refractivity contribution in [2.45, 2.75) is 19.4 Å². The Bertz CT molecular complexity index is 1250. The zero-order chi connectivity index (χ0) is 24.2. The molecule has 0 unspecified atom stereocenters. The van der Waals surface area contributed by atoms with E-state index >= 15 is 0 Å². The number of fused-ring (bicyclic) bond motifs is 1. The first-order chi connectivity index (χ1) is 16.3. The van der Waals surface area contributed by atoms with Gasteiger partial charge in [0, 0.05) is 46.7 Å². The molecule has 0 atom stereocenters. The van der Waals surface area contributed by atoms with Crippen LogP contribution in [-0.4, -0.2) is 41.0 Å². The number of nitrogens with one attached hydrogen (secondary N) is 2. The summed E-state index contributed by atoms with van der Waals surface area (Å²) < 4.78 is 0. The third-order valence-electron chi connectivity index (χ3n) is 5.41. The van der Waals surface area contributed by atoms with Gasteiger partial charge in [-0.05, 0) is 56.1 Å². The van der Waals surface area contributed by atoms with Gasteiger partial charge in [-0.3, -0.25) is 14.6 Å². The van der Waals surface area contributed by atoms with Crippen LogP contribution >= 0.6 is 11.6 Å². The standard InChI is InChI=1S/C26H25ClN4O3/c1-31(2)15-16-3-7-20(8-4-16)29-25(17-5-9-19(28-14-17)10-12-23(32)33)24-21-11-6-18(27)13-22(21)30-26(24)34/h3-9,11,13-14,29H,10,12,15H2,1-2H3,(H,30,34)(H,32,33). The van der Waals surface area contributed by atoms with Gasteiger partial charge in [-0.15, -0.1) is 0 Å². The number of benzene rings is 2. The number of amides is 1. The average molecular weight is 477 g/mol. The zero-order valence-electron chi connectivity index (χ0n) is 18.9. The van der Waals surface area contributed by atoms with Crippen molar-refractivity contribution in [2.24, 2.45) is 0 Å². The lowest BCUT2D eigenvalue weighted by Crippen LogP contribution is -2.11. The van der Waals surface area contributed by atoms with E-state index in [4.69, 9.17) is 16.7 Å². The Morgan fingerprint density at radius 1 is 1.12 bits per heavy atom. The highest BCUT2D eigenvalue weighted by atomic mass is 35.5. The number of halogens is 1. The molecule has 2 aromatic carbocycles. The fourth-order valence-corrected chi connectivity index (χ4v) is 4.00. The smallest absolute Gasteiger partial charge is 0.303 e. The van der Waals surface area contributed by atoms with Gasteiger partial charge in [0.15, 0.2) is 0 Å². The zero-order valence-corrected chi connectivity index (χ0v) is 19.7. The summed E-state index contributed by atoms with van der Waals surface area (Å²) in [5.74, 6) is -1.11. The minimum absolute atomic E-state index is 0.00831. The Kier molecular flexibility index (Phi) is 6.95. The molecule has 0 saturated heterocycles. The molecular weight excluding hydrogens is 452 g/mol. The van der Waals surface area contributed by atoms with Crippen LogP contribution in [-0.2, 0) is 22.6 Å². The Morgan fingerprint density at radius 3 is 2.53 bits per heavy atom. The molecule has 1 aliphatic rings. The third-order valence-corrected chi connectivity index (χ3v) is 5.64. The first kappa shape index (κ1) is 23.5. The van der Waals surface area contributed by atoms with Crippen molar-refractivity contribution in [2.75, 3.05) is 24.7 Å². The van der Waals surface area contributed by atoms with Crippen LogP contribution < -0.4 is 10.6 Å². The van der Waals surface area contributed by atoms with Gasteiger partial charge in [0.25, 0.3) is 5.91 Å². The first-order valence-corrected chi connectivity index (χ1v) is 11.2. The van der Waals surface area contributed by atoms with Crippen molar-refractivity contribution in [1.29, 1.82) is 0 Å². The molecule has 1 aromatic heterocycles. The number of aryl methyl sites for hydroxylation is 1. The van der Waals surface area contributed by atoms with E-state index in [1.54, 1.807) is 24.4 Å². The maximum atomic E-state index is 13.0. The molecule has 0 saturated carbocycles. The van der Waals surface area contributed by atoms with Gasteiger partial charge in [-0.1, -0.05) is 29.8 Å². The summed E-state index contributed by atoms with van der Waals surface area (Å²) in [4.78, 5) is 30.4. The summed E-state index contributed by atoms with van der Waals surface area (Å²) in [5.41, 5.74) is 5.88. The molecule has 0 spiro atoms. The molecule has 34 heavy (non-hydrogen) atoms. The number of carboxylic acids is 1. The SMILES string of the molecule is CN(C)Cc1ccc(NC(=C2C(=O)Nc3cc(Cl)ccc32)c2ccc(CCC(=O)O)nc2)cc1. The van der Waals surface area contributed by atoms with E-state index < -0.39 is 5.97 Å². The fourth-order valence-electron chi connectivity index (χ4n) is 3.83. The minimum atomic E-state index is -0.869. The Balaban J connectivity index is 1.74. The lowest BCUT2D eigenvalue weighted by atomic mass is 10.0. The predicted octanol–water partition coefficient (Wildman–Crippen LogP) is 4.75. The second kappa shape index (κ2) is 10.1. The largest absolute Gasteiger partial charge is 0.481 e. The van der Waals surface area contributed by atoms with Crippen LogP contribution in [0.2, 0.25) is 5.02 Å². The quantitative estimate of drug-likeness (QED) is 0.406. The van der Waals surface area contributed by atoms with Crippen LogP contribution in [0.1, 0.15) is 28.8 Å². The van der Waals surface area contributed by atoms with E-state index in [1.807, 2.05) is 50.5 Å². The number of nitrogens with zero attached hydrogens (tertiary/aromatic N) is 2. The summed E-state index contributed by atoms with van der Waals surface area (Å²) >= 11 is 6.13. The normalized spacial score (nSPS) is 14.1. The Labute approximate surface area is 203 Å². The molecule has 0 radical (unpaired) electrons. The van der Waals surface area contributed by atoms with Gasteiger partial charge in [0.2, 0.25) is 0 Å². The molecule has 4 rings (SSSR count). The van der Waals surface area contributed by atoms with Gasteiger partial charge in [-0.2, -0.15) is 0 Å². The number of carbonyl (C=O) groups excluding carboxylic acids is 1. The summed E-state index contributed by atoms with van der Waals surface area (Å²) in [7, 11) is 4.04. The monoisotopic (exact) mass is 476 g/mol. The molecule has 1 amide bonds. The molecule has 3 aromatic rings. The topological polar surface area (TPSA) is 94.6 Å². The Hall–Kier alpha value is -3.68. The molecule has 1 aliphatic heterocycles. The molecule has 0 bridgehead atoms. The number of hydrogen-bond donors (Lipinski definition) is 3. The summed E-state index contributed by atoms with van der Waals surface area (Å²) in [6.07, 6.45) is 2.01. The average Bonchev–Trinajstić information content (AvgIpc) is 3.11. The van der Waals surface area contributed by atoms with E-state index in [2.05, 4.69) is 20.5 Å². The van der Waals surface area contributed by atoms with Gasteiger partial charge in [0.05, 0.1) is 23.4 Å². The summed E-state index contributed by atoms with van der Waals surface area (Å²) in [6.45, 7) is 0.826. The van der Waals surface area contributed by atoms with Gasteiger partial charge in [-0.25, -0.2) is 0 Å². The highest BCUT2D eigenvalue weighted by Gasteiger charge is 2.28. The van der Waals surface area contributed by atoms with E-state index in [9.17, 15) is 9.59 Å². The van der Waals surface area contributed by atoms with Gasteiger partial charge >= 0.3 is 5.97 Å². The molecule has 174 valence electrons.